The van der Waals surface area contributed by atoms with Crippen molar-refractivity contribution in [2.24, 2.45) is 12.5 Å². The number of nitrogens with one attached hydrogen (secondary N) is 3. The zero-order valence-corrected chi connectivity index (χ0v) is 30.6. The van der Waals surface area contributed by atoms with Crippen molar-refractivity contribution in [3.63, 3.8) is 0 Å². The molecule has 1 aromatic heterocycles. The first kappa shape index (κ1) is 36.6. The van der Waals surface area contributed by atoms with E-state index < -0.39 is 51.9 Å². The van der Waals surface area contributed by atoms with Crippen LogP contribution in [0.2, 0.25) is 0 Å². The van der Waals surface area contributed by atoms with Crippen LogP contribution >= 0.6 is 0 Å². The first-order valence-electron chi connectivity index (χ1n) is 17.4. The highest BCUT2D eigenvalue weighted by Crippen LogP contribution is 2.39. The van der Waals surface area contributed by atoms with Gasteiger partial charge >= 0.3 is 15.9 Å². The maximum atomic E-state index is 15.6. The van der Waals surface area contributed by atoms with E-state index in [4.69, 9.17) is 4.74 Å². The van der Waals surface area contributed by atoms with Gasteiger partial charge < -0.3 is 15.2 Å². The summed E-state index contributed by atoms with van der Waals surface area (Å²) in [6, 6.07) is 18.9. The number of fused-ring (bicyclic) bond motifs is 2. The number of hydrogen-bond acceptors (Lipinski definition) is 9. The number of aryl methyl sites for hydroxylation is 1. The van der Waals surface area contributed by atoms with E-state index in [9.17, 15) is 32.7 Å². The number of carbonyl (C=O) groups is 3. The number of imidazole rings is 1. The van der Waals surface area contributed by atoms with Crippen LogP contribution in [0.15, 0.2) is 71.5 Å². The van der Waals surface area contributed by atoms with Crippen LogP contribution in [0.1, 0.15) is 44.7 Å². The average molecular weight is 759 g/mol. The van der Waals surface area contributed by atoms with Crippen molar-refractivity contribution in [1.82, 2.24) is 24.5 Å². The molecule has 0 spiro atoms. The van der Waals surface area contributed by atoms with Gasteiger partial charge in [-0.1, -0.05) is 50.2 Å². The minimum Gasteiger partial charge on any atom is -0.506 e. The molecule has 54 heavy (non-hydrogen) atoms. The second-order valence-corrected chi connectivity index (χ2v) is 16.0. The minimum atomic E-state index is -4.33. The SMILES string of the molecule is Cn1c(=O)n(C2CCC(=O)NC2=O)c2ccc(-c3ccc(CNCC(C)(C)CCOc4ccc5cc(O)c(N6CC(=O)NS6(=O)=O)c(F)c5c4)cc3)cc21. The van der Waals surface area contributed by atoms with Crippen LogP contribution in [0.4, 0.5) is 10.1 Å². The molecule has 2 fully saturated rings. The summed E-state index contributed by atoms with van der Waals surface area (Å²) in [4.78, 5) is 49.0. The lowest BCUT2D eigenvalue weighted by Gasteiger charge is -2.25. The van der Waals surface area contributed by atoms with Gasteiger partial charge in [0.1, 0.15) is 29.8 Å². The lowest BCUT2D eigenvalue weighted by molar-refractivity contribution is -0.135. The molecule has 4 aromatic carbocycles. The molecule has 3 amide bonds. The number of imide groups is 1. The zero-order valence-electron chi connectivity index (χ0n) is 29.8. The monoisotopic (exact) mass is 758 g/mol. The molecular weight excluding hydrogens is 720 g/mol. The van der Waals surface area contributed by atoms with Gasteiger partial charge in [-0.2, -0.15) is 8.42 Å². The van der Waals surface area contributed by atoms with Crippen molar-refractivity contribution in [1.29, 1.82) is 0 Å². The summed E-state index contributed by atoms with van der Waals surface area (Å²) in [5.74, 6) is -2.85. The van der Waals surface area contributed by atoms with Gasteiger partial charge in [0.15, 0.2) is 5.82 Å². The molecule has 282 valence electrons. The number of benzene rings is 4. The fraction of sp³-hybridized carbons (Fsp3) is 0.316. The molecule has 3 heterocycles. The summed E-state index contributed by atoms with van der Waals surface area (Å²) in [5.41, 5.74) is 3.19. The summed E-state index contributed by atoms with van der Waals surface area (Å²) < 4.78 is 51.4. The van der Waals surface area contributed by atoms with Gasteiger partial charge in [0.25, 0.3) is 5.91 Å². The summed E-state index contributed by atoms with van der Waals surface area (Å²) >= 11 is 0. The van der Waals surface area contributed by atoms with Gasteiger partial charge in [-0.15, -0.1) is 0 Å². The van der Waals surface area contributed by atoms with E-state index in [0.717, 1.165) is 16.7 Å². The number of nitrogens with zero attached hydrogens (tertiary/aromatic N) is 3. The Morgan fingerprint density at radius 3 is 2.41 bits per heavy atom. The number of phenols is 1. The highest BCUT2D eigenvalue weighted by atomic mass is 32.2. The first-order chi connectivity index (χ1) is 25.6. The number of carbonyl (C=O) groups excluding carboxylic acids is 3. The van der Waals surface area contributed by atoms with Crippen molar-refractivity contribution in [3.8, 4) is 22.6 Å². The summed E-state index contributed by atoms with van der Waals surface area (Å²) in [5, 5.41) is 16.6. The van der Waals surface area contributed by atoms with E-state index in [2.05, 4.69) is 24.5 Å². The van der Waals surface area contributed by atoms with E-state index >= 15 is 4.39 Å². The van der Waals surface area contributed by atoms with Crippen molar-refractivity contribution in [2.45, 2.75) is 45.7 Å². The van der Waals surface area contributed by atoms with Gasteiger partial charge in [-0.3, -0.25) is 28.8 Å². The van der Waals surface area contributed by atoms with Crippen LogP contribution in [-0.2, 0) is 38.2 Å². The predicted octanol–water partition coefficient (Wildman–Crippen LogP) is 3.75. The molecule has 2 aliphatic heterocycles. The molecule has 0 saturated carbocycles. The van der Waals surface area contributed by atoms with Crippen LogP contribution in [0.3, 0.4) is 0 Å². The number of amides is 3. The molecule has 2 saturated heterocycles. The van der Waals surface area contributed by atoms with Crippen molar-refractivity contribution in [3.05, 3.63) is 88.6 Å². The summed E-state index contributed by atoms with van der Waals surface area (Å²) in [6.45, 7) is 5.19. The Morgan fingerprint density at radius 2 is 1.70 bits per heavy atom. The molecule has 14 nitrogen and oxygen atoms in total. The van der Waals surface area contributed by atoms with E-state index in [0.29, 0.717) is 52.6 Å². The van der Waals surface area contributed by atoms with Crippen LogP contribution in [0.25, 0.3) is 32.9 Å². The van der Waals surface area contributed by atoms with Gasteiger partial charge in [-0.05, 0) is 70.7 Å². The van der Waals surface area contributed by atoms with Crippen molar-refractivity contribution < 1.29 is 37.0 Å². The number of piperidine rings is 1. The van der Waals surface area contributed by atoms with Gasteiger partial charge in [-0.25, -0.2) is 18.2 Å². The standard InChI is InChI=1S/C38H39FN6O8S/c1-38(2,14-15-53-26-10-8-25-17-31(46)35(34(39)27(25)18-26)44-20-33(48)42-54(44,51)52)21-40-19-22-4-6-23(7-5-22)24-9-11-28-30(16-24)43(3)37(50)45(28)29-12-13-32(47)41-36(29)49/h4-11,16-18,29,40,46H,12-15,19-21H2,1-3H3,(H,42,48)(H,41,47,49). The Balaban J connectivity index is 0.946. The quantitative estimate of drug-likeness (QED) is 0.146. The number of rotatable bonds is 11. The number of halogens is 1. The maximum absolute atomic E-state index is 15.6. The third-order valence-electron chi connectivity index (χ3n) is 9.95. The van der Waals surface area contributed by atoms with E-state index in [1.54, 1.807) is 23.9 Å². The summed E-state index contributed by atoms with van der Waals surface area (Å²) in [7, 11) is -2.66. The third-order valence-corrected chi connectivity index (χ3v) is 11.3. The molecule has 7 rings (SSSR count). The smallest absolute Gasteiger partial charge is 0.329 e. The lowest BCUT2D eigenvalue weighted by atomic mass is 9.89. The molecule has 1 atom stereocenters. The van der Waals surface area contributed by atoms with Crippen LogP contribution in [0.5, 0.6) is 11.5 Å². The Labute approximate surface area is 309 Å². The van der Waals surface area contributed by atoms with Gasteiger partial charge in [0.05, 0.1) is 17.6 Å². The normalized spacial score (nSPS) is 17.3. The number of anilines is 1. The number of phenolic OH excluding ortho intramolecular Hbond substituents is 1. The molecule has 16 heteroatoms. The molecular formula is C38H39FN6O8S. The maximum Gasteiger partial charge on any atom is 0.329 e. The van der Waals surface area contributed by atoms with Crippen LogP contribution in [0, 0.1) is 11.2 Å². The third kappa shape index (κ3) is 7.01. The fourth-order valence-electron chi connectivity index (χ4n) is 6.95. The fourth-order valence-corrected chi connectivity index (χ4v) is 8.11. The predicted molar refractivity (Wildman–Crippen MR) is 200 cm³/mol. The highest BCUT2D eigenvalue weighted by Gasteiger charge is 2.38. The molecule has 2 aliphatic rings. The molecule has 1 unspecified atom stereocenters. The number of aromatic nitrogens is 2. The second kappa shape index (κ2) is 13.9. The molecule has 0 radical (unpaired) electrons. The Bertz CT molecular complexity index is 2510. The number of ether oxygens (including phenoxy) is 1. The number of hydrogen-bond donors (Lipinski definition) is 4. The van der Waals surface area contributed by atoms with Crippen molar-refractivity contribution in [2.75, 3.05) is 24.0 Å². The van der Waals surface area contributed by atoms with E-state index in [1.807, 2.05) is 42.5 Å². The molecule has 4 N–H and O–H groups in total. The second-order valence-electron chi connectivity index (χ2n) is 14.4. The van der Waals surface area contributed by atoms with Gasteiger partial charge in [0.2, 0.25) is 11.8 Å². The average Bonchev–Trinajstić information content (AvgIpc) is 3.53. The highest BCUT2D eigenvalue weighted by molar-refractivity contribution is 7.92. The summed E-state index contributed by atoms with van der Waals surface area (Å²) in [6.07, 6.45) is 1.12. The Hall–Kier alpha value is -5.74. The Morgan fingerprint density at radius 1 is 0.963 bits per heavy atom. The first-order valence-corrected chi connectivity index (χ1v) is 18.8. The lowest BCUT2D eigenvalue weighted by Crippen LogP contribution is -2.44. The molecule has 5 aromatic rings. The Kier molecular flexibility index (Phi) is 9.43. The largest absolute Gasteiger partial charge is 0.506 e. The topological polar surface area (TPSA) is 181 Å². The zero-order chi connectivity index (χ0) is 38.5. The molecule has 0 bridgehead atoms. The van der Waals surface area contributed by atoms with E-state index in [-0.39, 0.29) is 35.2 Å². The van der Waals surface area contributed by atoms with Crippen LogP contribution < -0.4 is 30.1 Å². The van der Waals surface area contributed by atoms with Crippen LogP contribution in [-0.4, -0.2) is 60.1 Å². The van der Waals surface area contributed by atoms with Gasteiger partial charge in [0, 0.05) is 31.9 Å². The minimum absolute atomic E-state index is 0.0387. The number of aromatic hydroxyl groups is 1. The van der Waals surface area contributed by atoms with Crippen molar-refractivity contribution >= 4 is 55.4 Å². The molecule has 0 aliphatic carbocycles. The van der Waals surface area contributed by atoms with E-state index in [1.165, 1.54) is 21.3 Å².